The van der Waals surface area contributed by atoms with Gasteiger partial charge >= 0.3 is 0 Å². The molecule has 0 aliphatic rings. The summed E-state index contributed by atoms with van der Waals surface area (Å²) >= 11 is 0. The summed E-state index contributed by atoms with van der Waals surface area (Å²) in [7, 11) is 0. The monoisotopic (exact) mass is 213 g/mol. The second-order valence-electron chi connectivity index (χ2n) is 5.06. The highest BCUT2D eigenvalue weighted by atomic mass is 14.6. The summed E-state index contributed by atoms with van der Waals surface area (Å²) in [4.78, 5) is 0. The molecule has 1 heteroatoms. The molecule has 0 unspecified atom stereocenters. The van der Waals surface area contributed by atoms with Gasteiger partial charge in [-0.25, -0.2) is 0 Å². The van der Waals surface area contributed by atoms with E-state index in [0.717, 1.165) is 0 Å². The predicted octanol–water partition coefficient (Wildman–Crippen LogP) is 3.38. The topological polar surface area (TPSA) is 26.0 Å². The fourth-order valence-corrected chi connectivity index (χ4v) is 2.15. The largest absolute Gasteiger partial charge is 0.330 e. The Morgan fingerprint density at radius 1 is 1.00 bits per heavy atom. The van der Waals surface area contributed by atoms with E-state index in [2.05, 4.69) is 57.2 Å². The Bertz CT molecular complexity index is 512. The van der Waals surface area contributed by atoms with Crippen LogP contribution < -0.4 is 5.73 Å². The normalized spacial score (nSPS) is 12.0. The lowest BCUT2D eigenvalue weighted by Crippen LogP contribution is -2.28. The van der Waals surface area contributed by atoms with Crippen LogP contribution in [0.4, 0.5) is 0 Å². The number of benzene rings is 2. The van der Waals surface area contributed by atoms with Gasteiger partial charge in [0.15, 0.2) is 0 Å². The van der Waals surface area contributed by atoms with Crippen LogP contribution in [0.25, 0.3) is 10.8 Å². The molecule has 0 amide bonds. The summed E-state index contributed by atoms with van der Waals surface area (Å²) < 4.78 is 0. The van der Waals surface area contributed by atoms with E-state index in [1.807, 2.05) is 0 Å². The smallest absolute Gasteiger partial charge is 0.00252 e. The first-order valence-corrected chi connectivity index (χ1v) is 5.75. The number of rotatable bonds is 2. The Morgan fingerprint density at radius 3 is 2.25 bits per heavy atom. The van der Waals surface area contributed by atoms with Crippen LogP contribution in [0.3, 0.4) is 0 Å². The second kappa shape index (κ2) is 3.91. The van der Waals surface area contributed by atoms with E-state index in [0.29, 0.717) is 6.54 Å². The molecule has 0 saturated carbocycles. The van der Waals surface area contributed by atoms with Gasteiger partial charge in [-0.05, 0) is 28.8 Å². The predicted molar refractivity (Wildman–Crippen MR) is 70.8 cm³/mol. The van der Waals surface area contributed by atoms with Crippen LogP contribution in [0.2, 0.25) is 0 Å². The Balaban J connectivity index is 2.77. The van der Waals surface area contributed by atoms with Gasteiger partial charge in [0.2, 0.25) is 0 Å². The van der Waals surface area contributed by atoms with Crippen LogP contribution in [0.1, 0.15) is 25.0 Å². The Labute approximate surface area is 97.3 Å². The molecule has 1 nitrogen and oxygen atoms in total. The fourth-order valence-electron chi connectivity index (χ4n) is 2.15. The molecule has 16 heavy (non-hydrogen) atoms. The zero-order valence-electron chi connectivity index (χ0n) is 10.2. The quantitative estimate of drug-likeness (QED) is 0.813. The Hall–Kier alpha value is -1.34. The summed E-state index contributed by atoms with van der Waals surface area (Å²) in [5, 5.41) is 2.67. The maximum atomic E-state index is 5.87. The van der Waals surface area contributed by atoms with Crippen LogP contribution >= 0.6 is 0 Å². The molecule has 0 heterocycles. The van der Waals surface area contributed by atoms with Crippen molar-refractivity contribution in [1.29, 1.82) is 0 Å². The van der Waals surface area contributed by atoms with Gasteiger partial charge in [0.05, 0.1) is 0 Å². The molecule has 0 bridgehead atoms. The summed E-state index contributed by atoms with van der Waals surface area (Å²) in [6.45, 7) is 7.22. The van der Waals surface area contributed by atoms with Crippen LogP contribution in [-0.2, 0) is 5.41 Å². The lowest BCUT2D eigenvalue weighted by atomic mass is 9.81. The lowest BCUT2D eigenvalue weighted by molar-refractivity contribution is 0.544. The Kier molecular flexibility index (Phi) is 2.73. The molecule has 2 N–H and O–H groups in total. The third-order valence-corrected chi connectivity index (χ3v) is 3.38. The van der Waals surface area contributed by atoms with Crippen LogP contribution in [0.15, 0.2) is 36.4 Å². The van der Waals surface area contributed by atoms with Crippen molar-refractivity contribution < 1.29 is 0 Å². The Morgan fingerprint density at radius 2 is 1.62 bits per heavy atom. The summed E-state index contributed by atoms with van der Waals surface area (Å²) in [5.41, 5.74) is 8.57. The molecule has 0 saturated heterocycles. The average molecular weight is 213 g/mol. The maximum absolute atomic E-state index is 5.87. The zero-order valence-corrected chi connectivity index (χ0v) is 10.2. The molecular weight excluding hydrogens is 194 g/mol. The van der Waals surface area contributed by atoms with Crippen molar-refractivity contribution in [2.45, 2.75) is 26.2 Å². The van der Waals surface area contributed by atoms with Crippen LogP contribution in [0.5, 0.6) is 0 Å². The van der Waals surface area contributed by atoms with Gasteiger partial charge in [0, 0.05) is 12.0 Å². The number of fused-ring (bicyclic) bond motifs is 1. The SMILES string of the molecule is Cc1ccc(C(C)(C)CN)c2ccccc12. The van der Waals surface area contributed by atoms with Crippen LogP contribution in [0, 0.1) is 6.92 Å². The first kappa shape index (κ1) is 11.2. The van der Waals surface area contributed by atoms with Gasteiger partial charge in [-0.3, -0.25) is 0 Å². The molecule has 2 aromatic carbocycles. The number of hydrogen-bond acceptors (Lipinski definition) is 1. The first-order valence-electron chi connectivity index (χ1n) is 5.75. The van der Waals surface area contributed by atoms with E-state index in [1.165, 1.54) is 21.9 Å². The lowest BCUT2D eigenvalue weighted by Gasteiger charge is -2.25. The minimum Gasteiger partial charge on any atom is -0.330 e. The fraction of sp³-hybridized carbons (Fsp3) is 0.333. The van der Waals surface area contributed by atoms with Gasteiger partial charge in [0.25, 0.3) is 0 Å². The maximum Gasteiger partial charge on any atom is 0.00252 e. The van der Waals surface area contributed by atoms with E-state index in [4.69, 9.17) is 5.73 Å². The van der Waals surface area contributed by atoms with Crippen molar-refractivity contribution in [2.24, 2.45) is 5.73 Å². The van der Waals surface area contributed by atoms with Gasteiger partial charge in [-0.15, -0.1) is 0 Å². The van der Waals surface area contributed by atoms with Gasteiger partial charge < -0.3 is 5.73 Å². The molecule has 84 valence electrons. The average Bonchev–Trinajstić information content (AvgIpc) is 2.29. The van der Waals surface area contributed by atoms with Crippen LogP contribution in [-0.4, -0.2) is 6.54 Å². The third-order valence-electron chi connectivity index (χ3n) is 3.38. The summed E-state index contributed by atoms with van der Waals surface area (Å²) in [6, 6.07) is 13.0. The van der Waals surface area contributed by atoms with Crippen molar-refractivity contribution in [1.82, 2.24) is 0 Å². The molecule has 2 rings (SSSR count). The van der Waals surface area contributed by atoms with E-state index >= 15 is 0 Å². The van der Waals surface area contributed by atoms with E-state index < -0.39 is 0 Å². The van der Waals surface area contributed by atoms with Crippen molar-refractivity contribution in [3.63, 3.8) is 0 Å². The highest BCUT2D eigenvalue weighted by molar-refractivity contribution is 5.89. The number of nitrogens with two attached hydrogens (primary N) is 1. The van der Waals surface area contributed by atoms with Gasteiger partial charge in [0.1, 0.15) is 0 Å². The van der Waals surface area contributed by atoms with Crippen molar-refractivity contribution in [3.05, 3.63) is 47.5 Å². The minimum absolute atomic E-state index is 0.0350. The molecular formula is C15H19N. The number of aryl methyl sites for hydroxylation is 1. The van der Waals surface area contributed by atoms with E-state index in [-0.39, 0.29) is 5.41 Å². The highest BCUT2D eigenvalue weighted by Gasteiger charge is 2.20. The summed E-state index contributed by atoms with van der Waals surface area (Å²) in [5.74, 6) is 0. The van der Waals surface area contributed by atoms with Gasteiger partial charge in [-0.2, -0.15) is 0 Å². The van der Waals surface area contributed by atoms with Gasteiger partial charge in [-0.1, -0.05) is 50.2 Å². The molecule has 0 aromatic heterocycles. The molecule has 0 atom stereocenters. The first-order chi connectivity index (χ1) is 7.56. The van der Waals surface area contributed by atoms with E-state index in [1.54, 1.807) is 0 Å². The molecule has 2 aromatic rings. The standard InChI is InChI=1S/C15H19N/c1-11-8-9-14(15(2,3)10-16)13-7-5-4-6-12(11)13/h4-9H,10,16H2,1-3H3. The second-order valence-corrected chi connectivity index (χ2v) is 5.06. The minimum atomic E-state index is 0.0350. The molecule has 0 spiro atoms. The van der Waals surface area contributed by atoms with E-state index in [9.17, 15) is 0 Å². The van der Waals surface area contributed by atoms with Crippen molar-refractivity contribution in [3.8, 4) is 0 Å². The zero-order chi connectivity index (χ0) is 11.8. The van der Waals surface area contributed by atoms with Crippen molar-refractivity contribution >= 4 is 10.8 Å². The molecule has 0 aliphatic carbocycles. The molecule has 0 radical (unpaired) electrons. The molecule has 0 aliphatic heterocycles. The summed E-state index contributed by atoms with van der Waals surface area (Å²) in [6.07, 6.45) is 0. The van der Waals surface area contributed by atoms with Crippen molar-refractivity contribution in [2.75, 3.05) is 6.54 Å². The number of hydrogen-bond donors (Lipinski definition) is 1. The highest BCUT2D eigenvalue weighted by Crippen LogP contribution is 2.31. The third kappa shape index (κ3) is 1.72. The molecule has 0 fully saturated rings.